The van der Waals surface area contributed by atoms with E-state index in [-0.39, 0.29) is 36.7 Å². The normalized spacial score (nSPS) is 13.2. The smallest absolute Gasteiger partial charge is 0.323 e. The van der Waals surface area contributed by atoms with Gasteiger partial charge in [0.1, 0.15) is 18.2 Å². The van der Waals surface area contributed by atoms with Gasteiger partial charge in [0, 0.05) is 19.3 Å². The predicted molar refractivity (Wildman–Crippen MR) is 144 cm³/mol. The van der Waals surface area contributed by atoms with Crippen molar-refractivity contribution < 1.29 is 38.1 Å². The Balaban J connectivity index is 2.83. The highest BCUT2D eigenvalue weighted by atomic mass is 16.6. The molecule has 9 nitrogen and oxygen atoms in total. The Hall–Kier alpha value is -2.94. The number of hydrogen-bond donors (Lipinski definition) is 1. The largest absolute Gasteiger partial charge is 0.459 e. The molecule has 1 aromatic rings. The first kappa shape index (κ1) is 33.1. The van der Waals surface area contributed by atoms with Crippen LogP contribution in [0, 0.1) is 0 Å². The lowest BCUT2D eigenvalue weighted by Gasteiger charge is -2.22. The lowest BCUT2D eigenvalue weighted by Crippen LogP contribution is -2.39. The summed E-state index contributed by atoms with van der Waals surface area (Å²) in [6, 6.07) is 3.72. The molecule has 2 N–H and O–H groups in total. The zero-order valence-corrected chi connectivity index (χ0v) is 23.6. The second-order valence-corrected chi connectivity index (χ2v) is 9.54. The predicted octanol–water partition coefficient (Wildman–Crippen LogP) is 5.19. The van der Waals surface area contributed by atoms with Crippen molar-refractivity contribution in [1.82, 2.24) is 0 Å². The number of esters is 4. The fourth-order valence-corrected chi connectivity index (χ4v) is 3.42. The van der Waals surface area contributed by atoms with Gasteiger partial charge in [-0.25, -0.2) is 0 Å². The summed E-state index contributed by atoms with van der Waals surface area (Å²) in [5.74, 6) is -1.59. The summed E-state index contributed by atoms with van der Waals surface area (Å²) in [6.07, 6.45) is 5.37. The summed E-state index contributed by atoms with van der Waals surface area (Å²) >= 11 is 0. The first-order valence-corrected chi connectivity index (χ1v) is 13.8. The number of hydrogen-bond acceptors (Lipinski definition) is 9. The fourth-order valence-electron chi connectivity index (χ4n) is 3.42. The molecule has 0 aliphatic rings. The van der Waals surface area contributed by atoms with E-state index in [1.165, 1.54) is 6.07 Å². The molecular formula is C29H45NO8. The Kier molecular flexibility index (Phi) is 16.0. The van der Waals surface area contributed by atoms with Gasteiger partial charge in [0.25, 0.3) is 0 Å². The van der Waals surface area contributed by atoms with E-state index in [0.717, 1.165) is 32.1 Å². The summed E-state index contributed by atoms with van der Waals surface area (Å²) in [7, 11) is 0. The summed E-state index contributed by atoms with van der Waals surface area (Å²) in [5.41, 5.74) is 6.70. The standard InChI is InChI=1S/C29H45NO8/c1-6-9-12-15-26(31)35-20(4)21(5)36-29(34)23(30)18-22-16-17-24(37-27(32)13-10-7-2)25(19-22)38-28(33)14-11-8-3/h16-17,19-21,23H,6-15,18,30H2,1-5H3/t20-,21-,23-/m0/s1. The maximum absolute atomic E-state index is 12.6. The number of nitrogens with two attached hydrogens (primary N) is 1. The van der Waals surface area contributed by atoms with Crippen LogP contribution in [0.4, 0.5) is 0 Å². The van der Waals surface area contributed by atoms with Crippen molar-refractivity contribution >= 4 is 23.9 Å². The molecule has 38 heavy (non-hydrogen) atoms. The molecule has 0 saturated heterocycles. The van der Waals surface area contributed by atoms with Crippen LogP contribution in [0.25, 0.3) is 0 Å². The van der Waals surface area contributed by atoms with E-state index in [4.69, 9.17) is 24.7 Å². The summed E-state index contributed by atoms with van der Waals surface area (Å²) in [6.45, 7) is 9.30. The molecule has 0 heterocycles. The van der Waals surface area contributed by atoms with Crippen LogP contribution in [0.3, 0.4) is 0 Å². The second-order valence-electron chi connectivity index (χ2n) is 9.54. The Morgan fingerprint density at radius 3 is 1.82 bits per heavy atom. The highest BCUT2D eigenvalue weighted by Gasteiger charge is 2.25. The average molecular weight is 536 g/mol. The Bertz CT molecular complexity index is 901. The minimum atomic E-state index is -1.01. The number of carbonyl (C=O) groups is 4. The van der Waals surface area contributed by atoms with Gasteiger partial charge in [-0.3, -0.25) is 19.2 Å². The molecule has 0 aliphatic carbocycles. The molecule has 1 aromatic carbocycles. The number of ether oxygens (including phenoxy) is 4. The average Bonchev–Trinajstić information content (AvgIpc) is 2.87. The molecular weight excluding hydrogens is 490 g/mol. The minimum absolute atomic E-state index is 0.0975. The molecule has 0 spiro atoms. The third-order valence-corrected chi connectivity index (χ3v) is 5.95. The SMILES string of the molecule is CCCCCC(=O)O[C@@H](C)[C@H](C)OC(=O)[C@@H](N)Cc1ccc(OC(=O)CCCC)c(OC(=O)CCCC)c1. The first-order chi connectivity index (χ1) is 18.1. The van der Waals surface area contributed by atoms with Crippen LogP contribution < -0.4 is 15.2 Å². The molecule has 1 rings (SSSR count). The Morgan fingerprint density at radius 2 is 1.24 bits per heavy atom. The van der Waals surface area contributed by atoms with Gasteiger partial charge in [-0.2, -0.15) is 0 Å². The van der Waals surface area contributed by atoms with Crippen LogP contribution in [0.5, 0.6) is 11.5 Å². The number of carbonyl (C=O) groups excluding carboxylic acids is 4. The molecule has 0 fully saturated rings. The van der Waals surface area contributed by atoms with Crippen molar-refractivity contribution in [2.45, 2.75) is 123 Å². The zero-order valence-electron chi connectivity index (χ0n) is 23.6. The van der Waals surface area contributed by atoms with E-state index in [2.05, 4.69) is 6.92 Å². The van der Waals surface area contributed by atoms with Crippen LogP contribution in [0.1, 0.15) is 104 Å². The molecule has 0 aromatic heterocycles. The van der Waals surface area contributed by atoms with E-state index in [9.17, 15) is 19.2 Å². The zero-order chi connectivity index (χ0) is 28.5. The van der Waals surface area contributed by atoms with E-state index in [1.807, 2.05) is 13.8 Å². The molecule has 0 aliphatic heterocycles. The van der Waals surface area contributed by atoms with Crippen LogP contribution in [0.15, 0.2) is 18.2 Å². The molecule has 0 radical (unpaired) electrons. The van der Waals surface area contributed by atoms with Crippen molar-refractivity contribution in [2.75, 3.05) is 0 Å². The van der Waals surface area contributed by atoms with E-state index in [1.54, 1.807) is 26.0 Å². The van der Waals surface area contributed by atoms with Crippen LogP contribution in [-0.4, -0.2) is 42.1 Å². The van der Waals surface area contributed by atoms with Crippen LogP contribution >= 0.6 is 0 Å². The number of benzene rings is 1. The minimum Gasteiger partial charge on any atom is -0.459 e. The number of rotatable bonds is 18. The van der Waals surface area contributed by atoms with Crippen LogP contribution in [-0.2, 0) is 35.1 Å². The van der Waals surface area contributed by atoms with E-state index in [0.29, 0.717) is 24.8 Å². The van der Waals surface area contributed by atoms with Crippen molar-refractivity contribution in [2.24, 2.45) is 5.73 Å². The summed E-state index contributed by atoms with van der Waals surface area (Å²) in [5, 5.41) is 0. The van der Waals surface area contributed by atoms with Crippen LogP contribution in [0.2, 0.25) is 0 Å². The van der Waals surface area contributed by atoms with Crippen molar-refractivity contribution in [3.63, 3.8) is 0 Å². The van der Waals surface area contributed by atoms with Gasteiger partial charge in [0.05, 0.1) is 0 Å². The van der Waals surface area contributed by atoms with Crippen molar-refractivity contribution in [3.05, 3.63) is 23.8 Å². The monoisotopic (exact) mass is 535 g/mol. The topological polar surface area (TPSA) is 131 Å². The molecule has 0 saturated carbocycles. The quantitative estimate of drug-likeness (QED) is 0.153. The van der Waals surface area contributed by atoms with Gasteiger partial charge >= 0.3 is 23.9 Å². The van der Waals surface area contributed by atoms with Crippen molar-refractivity contribution in [1.29, 1.82) is 0 Å². The maximum atomic E-state index is 12.6. The van der Waals surface area contributed by atoms with E-state index >= 15 is 0 Å². The fraction of sp³-hybridized carbons (Fsp3) is 0.655. The second kappa shape index (κ2) is 18.3. The third kappa shape index (κ3) is 13.0. The van der Waals surface area contributed by atoms with Gasteiger partial charge in [-0.1, -0.05) is 52.5 Å². The van der Waals surface area contributed by atoms with E-state index < -0.39 is 36.2 Å². The molecule has 0 bridgehead atoms. The Morgan fingerprint density at radius 1 is 0.711 bits per heavy atom. The van der Waals surface area contributed by atoms with Gasteiger partial charge in [-0.15, -0.1) is 0 Å². The highest BCUT2D eigenvalue weighted by molar-refractivity contribution is 5.77. The lowest BCUT2D eigenvalue weighted by molar-refractivity contribution is -0.166. The summed E-state index contributed by atoms with van der Waals surface area (Å²) in [4.78, 5) is 49.0. The molecule has 214 valence electrons. The summed E-state index contributed by atoms with van der Waals surface area (Å²) < 4.78 is 21.7. The van der Waals surface area contributed by atoms with Crippen molar-refractivity contribution in [3.8, 4) is 11.5 Å². The molecule has 0 amide bonds. The van der Waals surface area contributed by atoms with Gasteiger partial charge in [-0.05, 0) is 57.2 Å². The van der Waals surface area contributed by atoms with Gasteiger partial charge in [0.15, 0.2) is 11.5 Å². The lowest BCUT2D eigenvalue weighted by atomic mass is 10.1. The third-order valence-electron chi connectivity index (χ3n) is 5.95. The van der Waals surface area contributed by atoms with Gasteiger partial charge < -0.3 is 24.7 Å². The first-order valence-electron chi connectivity index (χ1n) is 13.8. The highest BCUT2D eigenvalue weighted by Crippen LogP contribution is 2.30. The molecule has 3 atom stereocenters. The van der Waals surface area contributed by atoms with Gasteiger partial charge in [0.2, 0.25) is 0 Å². The molecule has 0 unspecified atom stereocenters. The Labute approximate surface area is 226 Å². The maximum Gasteiger partial charge on any atom is 0.323 e. The molecule has 9 heteroatoms. The number of unbranched alkanes of at least 4 members (excludes halogenated alkanes) is 4.